The molecule has 0 aromatic rings. The van der Waals surface area contributed by atoms with Gasteiger partial charge in [-0.1, -0.05) is 13.8 Å². The summed E-state index contributed by atoms with van der Waals surface area (Å²) in [5.41, 5.74) is 0. The molecule has 17 heavy (non-hydrogen) atoms. The van der Waals surface area contributed by atoms with Gasteiger partial charge in [0.05, 0.1) is 5.92 Å². The van der Waals surface area contributed by atoms with E-state index in [1.165, 1.54) is 19.3 Å². The molecule has 2 heterocycles. The van der Waals surface area contributed by atoms with E-state index in [1.54, 1.807) is 0 Å². The quantitative estimate of drug-likeness (QED) is 0.823. The molecule has 1 unspecified atom stereocenters. The lowest BCUT2D eigenvalue weighted by Gasteiger charge is -2.32. The van der Waals surface area contributed by atoms with Crippen molar-refractivity contribution in [2.45, 2.75) is 33.1 Å². The minimum Gasteiger partial charge on any atom is -0.342 e. The van der Waals surface area contributed by atoms with Gasteiger partial charge in [0, 0.05) is 26.2 Å². The Labute approximate surface area is 111 Å². The van der Waals surface area contributed by atoms with Gasteiger partial charge in [-0.15, -0.1) is 12.4 Å². The van der Waals surface area contributed by atoms with Crippen molar-refractivity contribution in [3.8, 4) is 0 Å². The van der Waals surface area contributed by atoms with Gasteiger partial charge in [0.2, 0.25) is 5.91 Å². The topological polar surface area (TPSA) is 32.3 Å². The van der Waals surface area contributed by atoms with Crippen molar-refractivity contribution in [1.82, 2.24) is 10.2 Å². The molecular weight excluding hydrogens is 236 g/mol. The van der Waals surface area contributed by atoms with E-state index in [0.717, 1.165) is 38.0 Å². The van der Waals surface area contributed by atoms with Crippen LogP contribution in [0, 0.1) is 17.8 Å². The lowest BCUT2D eigenvalue weighted by atomic mass is 9.89. The van der Waals surface area contributed by atoms with Crippen LogP contribution in [0.2, 0.25) is 0 Å². The van der Waals surface area contributed by atoms with Crippen molar-refractivity contribution in [3.05, 3.63) is 0 Å². The third kappa shape index (κ3) is 3.59. The van der Waals surface area contributed by atoms with Gasteiger partial charge in [0.15, 0.2) is 0 Å². The fraction of sp³-hybridized carbons (Fsp3) is 0.923. The predicted octanol–water partition coefficient (Wildman–Crippen LogP) is 1.91. The summed E-state index contributed by atoms with van der Waals surface area (Å²) in [6.07, 6.45) is 3.68. The number of likely N-dealkylation sites (tertiary alicyclic amines) is 1. The van der Waals surface area contributed by atoms with Crippen molar-refractivity contribution in [2.75, 3.05) is 26.2 Å². The van der Waals surface area contributed by atoms with E-state index in [2.05, 4.69) is 24.1 Å². The van der Waals surface area contributed by atoms with E-state index in [9.17, 15) is 4.79 Å². The van der Waals surface area contributed by atoms with Crippen LogP contribution >= 0.6 is 12.4 Å². The number of carbonyl (C=O) groups excluding carboxylic acids is 1. The molecule has 2 fully saturated rings. The van der Waals surface area contributed by atoms with E-state index >= 15 is 0 Å². The predicted molar refractivity (Wildman–Crippen MR) is 72.4 cm³/mol. The monoisotopic (exact) mass is 260 g/mol. The summed E-state index contributed by atoms with van der Waals surface area (Å²) in [5.74, 6) is 2.25. The fourth-order valence-corrected chi connectivity index (χ4v) is 2.73. The lowest BCUT2D eigenvalue weighted by Crippen LogP contribution is -2.52. The Bertz CT molecular complexity index is 254. The number of nitrogens with zero attached hydrogens (tertiary/aromatic N) is 1. The molecule has 0 radical (unpaired) electrons. The highest BCUT2D eigenvalue weighted by Gasteiger charge is 2.30. The van der Waals surface area contributed by atoms with Crippen LogP contribution in [0.4, 0.5) is 0 Å². The molecule has 0 spiro atoms. The molecule has 1 N–H and O–H groups in total. The SMILES string of the molecule is CC(C)C1CCCN(C(=O)C2CNC2)CC1.Cl. The Balaban J connectivity index is 0.00000144. The first-order valence-corrected chi connectivity index (χ1v) is 6.68. The van der Waals surface area contributed by atoms with Crippen molar-refractivity contribution in [3.63, 3.8) is 0 Å². The summed E-state index contributed by atoms with van der Waals surface area (Å²) in [4.78, 5) is 14.2. The highest BCUT2D eigenvalue weighted by Crippen LogP contribution is 2.25. The van der Waals surface area contributed by atoms with Crippen LogP contribution < -0.4 is 5.32 Å². The van der Waals surface area contributed by atoms with Gasteiger partial charge in [0.1, 0.15) is 0 Å². The minimum absolute atomic E-state index is 0. The van der Waals surface area contributed by atoms with Gasteiger partial charge in [-0.3, -0.25) is 4.79 Å². The zero-order chi connectivity index (χ0) is 11.5. The smallest absolute Gasteiger partial charge is 0.228 e. The second kappa shape index (κ2) is 6.60. The van der Waals surface area contributed by atoms with E-state index < -0.39 is 0 Å². The summed E-state index contributed by atoms with van der Waals surface area (Å²) < 4.78 is 0. The summed E-state index contributed by atoms with van der Waals surface area (Å²) in [6, 6.07) is 0. The first-order valence-electron chi connectivity index (χ1n) is 6.68. The normalized spacial score (nSPS) is 26.1. The zero-order valence-corrected chi connectivity index (χ0v) is 11.8. The maximum Gasteiger partial charge on any atom is 0.228 e. The second-order valence-electron chi connectivity index (χ2n) is 5.62. The molecule has 0 aromatic heterocycles. The van der Waals surface area contributed by atoms with Gasteiger partial charge in [-0.2, -0.15) is 0 Å². The molecular formula is C13H25ClN2O. The number of amides is 1. The van der Waals surface area contributed by atoms with Crippen LogP contribution in [0.1, 0.15) is 33.1 Å². The third-order valence-corrected chi connectivity index (χ3v) is 4.16. The Morgan fingerprint density at radius 1 is 1.24 bits per heavy atom. The van der Waals surface area contributed by atoms with Crippen molar-refractivity contribution >= 4 is 18.3 Å². The number of hydrogen-bond acceptors (Lipinski definition) is 2. The largest absolute Gasteiger partial charge is 0.342 e. The summed E-state index contributed by atoms with van der Waals surface area (Å²) in [6.45, 7) is 8.36. The molecule has 1 amide bonds. The van der Waals surface area contributed by atoms with E-state index in [4.69, 9.17) is 0 Å². The number of nitrogens with one attached hydrogen (secondary N) is 1. The van der Waals surface area contributed by atoms with Gasteiger partial charge in [-0.25, -0.2) is 0 Å². The van der Waals surface area contributed by atoms with Gasteiger partial charge in [0.25, 0.3) is 0 Å². The molecule has 0 aliphatic carbocycles. The van der Waals surface area contributed by atoms with E-state index in [0.29, 0.717) is 5.91 Å². The van der Waals surface area contributed by atoms with Crippen LogP contribution in [0.25, 0.3) is 0 Å². The van der Waals surface area contributed by atoms with Crippen molar-refractivity contribution in [1.29, 1.82) is 0 Å². The van der Waals surface area contributed by atoms with Crippen LogP contribution in [0.5, 0.6) is 0 Å². The maximum atomic E-state index is 12.1. The molecule has 3 nitrogen and oxygen atoms in total. The molecule has 2 rings (SSSR count). The first-order chi connectivity index (χ1) is 7.68. The molecule has 2 aliphatic rings. The standard InChI is InChI=1S/C13H24N2O.ClH/c1-10(2)11-4-3-6-15(7-5-11)13(16)12-8-14-9-12;/h10-12,14H,3-9H2,1-2H3;1H. The molecule has 1 atom stereocenters. The Morgan fingerprint density at radius 2 is 1.94 bits per heavy atom. The summed E-state index contributed by atoms with van der Waals surface area (Å²) in [7, 11) is 0. The summed E-state index contributed by atoms with van der Waals surface area (Å²) in [5, 5.41) is 3.18. The van der Waals surface area contributed by atoms with E-state index in [-0.39, 0.29) is 18.3 Å². The highest BCUT2D eigenvalue weighted by molar-refractivity contribution is 5.85. The van der Waals surface area contributed by atoms with Crippen LogP contribution in [-0.4, -0.2) is 37.0 Å². The van der Waals surface area contributed by atoms with E-state index in [1.807, 2.05) is 0 Å². The zero-order valence-electron chi connectivity index (χ0n) is 10.9. The van der Waals surface area contributed by atoms with Gasteiger partial charge >= 0.3 is 0 Å². The molecule has 4 heteroatoms. The van der Waals surface area contributed by atoms with Crippen LogP contribution in [0.3, 0.4) is 0 Å². The minimum atomic E-state index is 0. The van der Waals surface area contributed by atoms with Gasteiger partial charge in [-0.05, 0) is 31.1 Å². The fourth-order valence-electron chi connectivity index (χ4n) is 2.73. The Kier molecular flexibility index (Phi) is 5.74. The van der Waals surface area contributed by atoms with Crippen LogP contribution in [-0.2, 0) is 4.79 Å². The second-order valence-corrected chi connectivity index (χ2v) is 5.62. The third-order valence-electron chi connectivity index (χ3n) is 4.16. The van der Waals surface area contributed by atoms with Gasteiger partial charge < -0.3 is 10.2 Å². The lowest BCUT2D eigenvalue weighted by molar-refractivity contribution is -0.137. The van der Waals surface area contributed by atoms with Crippen molar-refractivity contribution < 1.29 is 4.79 Å². The number of carbonyl (C=O) groups is 1. The molecule has 0 bridgehead atoms. The number of halogens is 1. The average Bonchev–Trinajstić information content (AvgIpc) is 2.39. The first kappa shape index (κ1) is 14.8. The number of rotatable bonds is 2. The molecule has 0 aromatic carbocycles. The van der Waals surface area contributed by atoms with Crippen LogP contribution in [0.15, 0.2) is 0 Å². The highest BCUT2D eigenvalue weighted by atomic mass is 35.5. The molecule has 100 valence electrons. The Morgan fingerprint density at radius 3 is 2.47 bits per heavy atom. The maximum absolute atomic E-state index is 12.1. The Hall–Kier alpha value is -0.280. The molecule has 0 saturated carbocycles. The summed E-state index contributed by atoms with van der Waals surface area (Å²) >= 11 is 0. The molecule has 2 aliphatic heterocycles. The number of hydrogen-bond donors (Lipinski definition) is 1. The average molecular weight is 261 g/mol. The molecule has 2 saturated heterocycles. The van der Waals surface area contributed by atoms with Crippen molar-refractivity contribution in [2.24, 2.45) is 17.8 Å².